The zero-order chi connectivity index (χ0) is 25.1. The topological polar surface area (TPSA) is 21.3 Å². The Morgan fingerprint density at radius 3 is 1.75 bits per heavy atom. The van der Waals surface area contributed by atoms with Crippen molar-refractivity contribution in [3.63, 3.8) is 0 Å². The van der Waals surface area contributed by atoms with Gasteiger partial charge in [-0.2, -0.15) is 26.3 Å². The highest BCUT2D eigenvalue weighted by atomic mass is 35.5. The maximum Gasteiger partial charge on any atom is 0.416 e. The van der Waals surface area contributed by atoms with Gasteiger partial charge in [-0.25, -0.2) is 0 Å². The van der Waals surface area contributed by atoms with Gasteiger partial charge in [0.1, 0.15) is 0 Å². The Labute approximate surface area is 212 Å². The lowest BCUT2D eigenvalue weighted by molar-refractivity contribution is -0.143. The zero-order valence-corrected chi connectivity index (χ0v) is 20.0. The fourth-order valence-electron chi connectivity index (χ4n) is 4.71. The number of hydrogen-bond donors (Lipinski definition) is 1. The molecule has 1 N–H and O–H groups in total. The van der Waals surface area contributed by atoms with Crippen molar-refractivity contribution in [1.29, 1.82) is 0 Å². The van der Waals surface area contributed by atoms with Gasteiger partial charge in [0.15, 0.2) is 0 Å². The second kappa shape index (κ2) is 11.7. The van der Waals surface area contributed by atoms with Gasteiger partial charge in [-0.1, -0.05) is 60.7 Å². The molecule has 2 unspecified atom stereocenters. The molecule has 0 spiro atoms. The van der Waals surface area contributed by atoms with Crippen LogP contribution in [0.2, 0.25) is 0 Å². The number of piperidine rings is 1. The summed E-state index contributed by atoms with van der Waals surface area (Å²) in [5.74, 6) is -0.121. The summed E-state index contributed by atoms with van der Waals surface area (Å²) >= 11 is 0. The van der Waals surface area contributed by atoms with Crippen LogP contribution in [0.1, 0.15) is 40.2 Å². The Hall–Kier alpha value is -2.55. The van der Waals surface area contributed by atoms with Gasteiger partial charge in [-0.15, -0.1) is 12.4 Å². The molecule has 36 heavy (non-hydrogen) atoms. The molecule has 9 heteroatoms. The van der Waals surface area contributed by atoms with E-state index in [4.69, 9.17) is 4.74 Å². The molecule has 0 aromatic heterocycles. The van der Waals surface area contributed by atoms with Gasteiger partial charge in [0, 0.05) is 18.4 Å². The molecule has 4 rings (SSSR count). The molecule has 1 heterocycles. The van der Waals surface area contributed by atoms with Crippen molar-refractivity contribution >= 4 is 12.4 Å². The summed E-state index contributed by atoms with van der Waals surface area (Å²) in [6.07, 6.45) is -9.55. The lowest BCUT2D eigenvalue weighted by Gasteiger charge is -2.38. The first-order chi connectivity index (χ1) is 16.6. The molecule has 194 valence electrons. The van der Waals surface area contributed by atoms with Crippen LogP contribution in [0.3, 0.4) is 0 Å². The number of rotatable bonds is 6. The predicted octanol–water partition coefficient (Wildman–Crippen LogP) is 7.47. The Bertz CT molecular complexity index is 1030. The van der Waals surface area contributed by atoms with E-state index in [0.717, 1.165) is 23.3 Å². The van der Waals surface area contributed by atoms with Crippen LogP contribution in [0.25, 0.3) is 0 Å². The summed E-state index contributed by atoms with van der Waals surface area (Å²) < 4.78 is 85.6. The third-order valence-corrected chi connectivity index (χ3v) is 6.32. The van der Waals surface area contributed by atoms with E-state index in [1.54, 1.807) is 0 Å². The lowest BCUT2D eigenvalue weighted by Crippen LogP contribution is -2.44. The van der Waals surface area contributed by atoms with Crippen molar-refractivity contribution in [3.8, 4) is 0 Å². The van der Waals surface area contributed by atoms with E-state index in [1.165, 1.54) is 0 Å². The summed E-state index contributed by atoms with van der Waals surface area (Å²) in [6, 6.07) is 21.3. The number of benzene rings is 3. The molecule has 0 radical (unpaired) electrons. The smallest absolute Gasteiger partial charge is 0.373 e. The zero-order valence-electron chi connectivity index (χ0n) is 19.2. The van der Waals surface area contributed by atoms with Gasteiger partial charge in [0.2, 0.25) is 0 Å². The molecular formula is C27H26ClF6NO. The van der Waals surface area contributed by atoms with E-state index in [0.29, 0.717) is 19.5 Å². The van der Waals surface area contributed by atoms with Crippen molar-refractivity contribution in [1.82, 2.24) is 5.32 Å². The highest BCUT2D eigenvalue weighted by molar-refractivity contribution is 5.85. The minimum Gasteiger partial charge on any atom is -0.373 e. The third kappa shape index (κ3) is 6.81. The molecule has 3 aromatic rings. The Balaban J connectivity index is 0.00000361. The van der Waals surface area contributed by atoms with Crippen LogP contribution in [-0.2, 0) is 23.7 Å². The quantitative estimate of drug-likeness (QED) is 0.334. The molecule has 0 aliphatic carbocycles. The van der Waals surface area contributed by atoms with Gasteiger partial charge in [-0.3, -0.25) is 0 Å². The van der Waals surface area contributed by atoms with Gasteiger partial charge < -0.3 is 10.1 Å². The molecule has 1 fully saturated rings. The van der Waals surface area contributed by atoms with Crippen LogP contribution >= 0.6 is 12.4 Å². The first-order valence-electron chi connectivity index (χ1n) is 11.3. The molecule has 0 bridgehead atoms. The molecule has 0 amide bonds. The lowest BCUT2D eigenvalue weighted by atomic mass is 9.76. The van der Waals surface area contributed by atoms with Gasteiger partial charge in [-0.05, 0) is 47.9 Å². The van der Waals surface area contributed by atoms with Gasteiger partial charge >= 0.3 is 12.4 Å². The second-order valence-corrected chi connectivity index (χ2v) is 8.72. The van der Waals surface area contributed by atoms with Gasteiger partial charge in [0.25, 0.3) is 0 Å². The van der Waals surface area contributed by atoms with Crippen LogP contribution in [-0.4, -0.2) is 19.2 Å². The summed E-state index contributed by atoms with van der Waals surface area (Å²) in [4.78, 5) is 0. The Morgan fingerprint density at radius 2 is 1.28 bits per heavy atom. The summed E-state index contributed by atoms with van der Waals surface area (Å²) in [5, 5.41) is 3.36. The molecule has 3 aromatic carbocycles. The Morgan fingerprint density at radius 1 is 0.778 bits per heavy atom. The van der Waals surface area contributed by atoms with Gasteiger partial charge in [0.05, 0.1) is 23.8 Å². The fourth-order valence-corrected chi connectivity index (χ4v) is 4.71. The van der Waals surface area contributed by atoms with E-state index < -0.39 is 23.5 Å². The fraction of sp³-hybridized carbons (Fsp3) is 0.333. The van der Waals surface area contributed by atoms with E-state index in [2.05, 4.69) is 5.32 Å². The third-order valence-electron chi connectivity index (χ3n) is 6.32. The normalized spacial score (nSPS) is 18.6. The molecule has 1 aliphatic heterocycles. The average Bonchev–Trinajstić information content (AvgIpc) is 2.84. The van der Waals surface area contributed by atoms with E-state index in [-0.39, 0.29) is 48.6 Å². The van der Waals surface area contributed by atoms with Crippen LogP contribution in [0.15, 0.2) is 78.9 Å². The van der Waals surface area contributed by atoms with Crippen molar-refractivity contribution < 1.29 is 31.1 Å². The van der Waals surface area contributed by atoms with E-state index in [9.17, 15) is 26.3 Å². The minimum atomic E-state index is -4.89. The molecule has 1 saturated heterocycles. The SMILES string of the molecule is Cl.FC(F)(F)c1cc(COC2CCNCC2C(c2ccccc2)c2ccccc2)cc(C(F)(F)F)c1. The van der Waals surface area contributed by atoms with Crippen LogP contribution < -0.4 is 5.32 Å². The predicted molar refractivity (Wildman–Crippen MR) is 128 cm³/mol. The standard InChI is InChI=1S/C27H25F6NO.ClH/c28-26(29,30)21-13-18(14-22(15-21)27(31,32)33)17-35-24-11-12-34-16-23(24)25(19-7-3-1-4-8-19)20-9-5-2-6-10-20;/h1-10,13-15,23-25,34H,11-12,16-17H2;1H. The molecule has 1 aliphatic rings. The maximum absolute atomic E-state index is 13.3. The van der Waals surface area contributed by atoms with Crippen molar-refractivity contribution in [2.75, 3.05) is 13.1 Å². The highest BCUT2D eigenvalue weighted by Crippen LogP contribution is 2.39. The average molecular weight is 530 g/mol. The first kappa shape index (κ1) is 28.0. The van der Waals surface area contributed by atoms with Crippen LogP contribution in [0, 0.1) is 5.92 Å². The molecular weight excluding hydrogens is 504 g/mol. The van der Waals surface area contributed by atoms with Crippen LogP contribution in [0.4, 0.5) is 26.3 Å². The number of hydrogen-bond acceptors (Lipinski definition) is 2. The Kier molecular flexibility index (Phi) is 9.08. The second-order valence-electron chi connectivity index (χ2n) is 8.72. The number of nitrogens with one attached hydrogen (secondary N) is 1. The number of halogens is 7. The molecule has 2 atom stereocenters. The molecule has 0 saturated carbocycles. The summed E-state index contributed by atoms with van der Waals surface area (Å²) in [7, 11) is 0. The summed E-state index contributed by atoms with van der Waals surface area (Å²) in [5.41, 5.74) is -0.683. The van der Waals surface area contributed by atoms with Crippen molar-refractivity contribution in [3.05, 3.63) is 107 Å². The monoisotopic (exact) mass is 529 g/mol. The number of ether oxygens (including phenoxy) is 1. The van der Waals surface area contributed by atoms with E-state index in [1.807, 2.05) is 60.7 Å². The summed E-state index contributed by atoms with van der Waals surface area (Å²) in [6.45, 7) is 0.911. The van der Waals surface area contributed by atoms with Crippen molar-refractivity contribution in [2.45, 2.75) is 37.4 Å². The first-order valence-corrected chi connectivity index (χ1v) is 11.3. The van der Waals surface area contributed by atoms with Crippen molar-refractivity contribution in [2.24, 2.45) is 5.92 Å². The van der Waals surface area contributed by atoms with E-state index >= 15 is 0 Å². The largest absolute Gasteiger partial charge is 0.416 e. The maximum atomic E-state index is 13.3. The number of alkyl halides is 6. The van der Waals surface area contributed by atoms with Crippen LogP contribution in [0.5, 0.6) is 0 Å². The molecule has 2 nitrogen and oxygen atoms in total. The minimum absolute atomic E-state index is 0. The highest BCUT2D eigenvalue weighted by Gasteiger charge is 2.38.